The molecule has 4 heteroatoms. The molecule has 3 rings (SSSR count). The number of aryl methyl sites for hydroxylation is 1. The lowest BCUT2D eigenvalue weighted by atomic mass is 10.0. The van der Waals surface area contributed by atoms with Gasteiger partial charge in [0.25, 0.3) is 5.91 Å². The summed E-state index contributed by atoms with van der Waals surface area (Å²) in [4.78, 5) is 15.9. The second-order valence-corrected chi connectivity index (χ2v) is 4.82. The van der Waals surface area contributed by atoms with Crippen molar-refractivity contribution < 1.29 is 9.53 Å². The summed E-state index contributed by atoms with van der Waals surface area (Å²) in [7, 11) is 0. The van der Waals surface area contributed by atoms with Gasteiger partial charge in [-0.1, -0.05) is 12.1 Å². The Morgan fingerprint density at radius 1 is 1.35 bits per heavy atom. The molecule has 20 heavy (non-hydrogen) atoms. The van der Waals surface area contributed by atoms with Crippen molar-refractivity contribution in [2.24, 2.45) is 0 Å². The third kappa shape index (κ3) is 2.79. The quantitative estimate of drug-likeness (QED) is 0.929. The van der Waals surface area contributed by atoms with Crippen LogP contribution in [-0.2, 0) is 13.0 Å². The van der Waals surface area contributed by atoms with E-state index in [-0.39, 0.29) is 5.91 Å². The van der Waals surface area contributed by atoms with Crippen molar-refractivity contribution >= 4 is 5.91 Å². The zero-order chi connectivity index (χ0) is 13.8. The number of aromatic nitrogens is 1. The van der Waals surface area contributed by atoms with Gasteiger partial charge in [0.1, 0.15) is 5.75 Å². The Kier molecular flexibility index (Phi) is 3.63. The number of benzene rings is 1. The number of pyridine rings is 1. The van der Waals surface area contributed by atoms with Crippen LogP contribution in [0.15, 0.2) is 42.7 Å². The number of hydrogen-bond acceptors (Lipinski definition) is 3. The minimum Gasteiger partial charge on any atom is -0.493 e. The monoisotopic (exact) mass is 268 g/mol. The maximum Gasteiger partial charge on any atom is 0.253 e. The Morgan fingerprint density at radius 2 is 2.30 bits per heavy atom. The van der Waals surface area contributed by atoms with E-state index in [0.29, 0.717) is 12.1 Å². The standard InChI is InChI=1S/C16H16N2O2/c19-16(14-3-1-7-17-11-14)18-10-12-5-6-15-13(9-12)4-2-8-20-15/h1,3,5-7,9,11H,2,4,8,10H2,(H,18,19). The summed E-state index contributed by atoms with van der Waals surface area (Å²) in [5, 5.41) is 2.90. The number of rotatable bonds is 3. The fraction of sp³-hybridized carbons (Fsp3) is 0.250. The molecule has 2 aromatic rings. The molecule has 0 spiro atoms. The molecule has 0 aliphatic carbocycles. The Bertz CT molecular complexity index is 611. The molecule has 1 aliphatic rings. The third-order valence-corrected chi connectivity index (χ3v) is 3.35. The third-order valence-electron chi connectivity index (χ3n) is 3.35. The van der Waals surface area contributed by atoms with Gasteiger partial charge in [-0.3, -0.25) is 9.78 Å². The van der Waals surface area contributed by atoms with E-state index in [2.05, 4.69) is 16.4 Å². The van der Waals surface area contributed by atoms with Gasteiger partial charge < -0.3 is 10.1 Å². The molecule has 0 saturated heterocycles. The first kappa shape index (κ1) is 12.7. The van der Waals surface area contributed by atoms with Crippen molar-refractivity contribution in [3.8, 4) is 5.75 Å². The molecule has 1 aliphatic heterocycles. The summed E-state index contributed by atoms with van der Waals surface area (Å²) in [5.74, 6) is 0.866. The summed E-state index contributed by atoms with van der Waals surface area (Å²) >= 11 is 0. The molecular weight excluding hydrogens is 252 g/mol. The van der Waals surface area contributed by atoms with Gasteiger partial charge >= 0.3 is 0 Å². The summed E-state index contributed by atoms with van der Waals surface area (Å²) in [6.45, 7) is 1.31. The van der Waals surface area contributed by atoms with Crippen molar-refractivity contribution in [3.05, 3.63) is 59.4 Å². The lowest BCUT2D eigenvalue weighted by molar-refractivity contribution is 0.0950. The molecule has 1 aromatic carbocycles. The highest BCUT2D eigenvalue weighted by Gasteiger charge is 2.11. The summed E-state index contributed by atoms with van der Waals surface area (Å²) in [6, 6.07) is 9.60. The second kappa shape index (κ2) is 5.74. The Hall–Kier alpha value is -2.36. The van der Waals surface area contributed by atoms with Crippen LogP contribution in [0.3, 0.4) is 0 Å². The minimum atomic E-state index is -0.105. The summed E-state index contributed by atoms with van der Waals surface area (Å²) in [5.41, 5.74) is 2.89. The lowest BCUT2D eigenvalue weighted by Gasteiger charge is -2.18. The van der Waals surface area contributed by atoms with Gasteiger partial charge in [-0.25, -0.2) is 0 Å². The SMILES string of the molecule is O=C(NCc1ccc2c(c1)CCCO2)c1cccnc1. The molecule has 0 atom stereocenters. The molecule has 4 nitrogen and oxygen atoms in total. The molecule has 1 aromatic heterocycles. The molecule has 1 N–H and O–H groups in total. The summed E-state index contributed by atoms with van der Waals surface area (Å²) in [6.07, 6.45) is 5.31. The molecule has 0 bridgehead atoms. The van der Waals surface area contributed by atoms with E-state index >= 15 is 0 Å². The van der Waals surface area contributed by atoms with E-state index in [1.807, 2.05) is 12.1 Å². The van der Waals surface area contributed by atoms with Crippen LogP contribution in [0.1, 0.15) is 27.9 Å². The number of nitrogens with zero attached hydrogens (tertiary/aromatic N) is 1. The Morgan fingerprint density at radius 3 is 3.15 bits per heavy atom. The number of hydrogen-bond donors (Lipinski definition) is 1. The maximum atomic E-state index is 11.9. The van der Waals surface area contributed by atoms with Crippen molar-refractivity contribution in [3.63, 3.8) is 0 Å². The average molecular weight is 268 g/mol. The van der Waals surface area contributed by atoms with Crippen LogP contribution in [0.5, 0.6) is 5.75 Å². The summed E-state index contributed by atoms with van der Waals surface area (Å²) < 4.78 is 5.58. The highest BCUT2D eigenvalue weighted by molar-refractivity contribution is 5.93. The van der Waals surface area contributed by atoms with Gasteiger partial charge in [-0.2, -0.15) is 0 Å². The first-order valence-corrected chi connectivity index (χ1v) is 6.76. The van der Waals surface area contributed by atoms with Gasteiger partial charge in [0.2, 0.25) is 0 Å². The molecule has 2 heterocycles. The van der Waals surface area contributed by atoms with Crippen LogP contribution in [0.4, 0.5) is 0 Å². The Balaban J connectivity index is 1.65. The fourth-order valence-electron chi connectivity index (χ4n) is 2.31. The van der Waals surface area contributed by atoms with Crippen molar-refractivity contribution in [2.45, 2.75) is 19.4 Å². The van der Waals surface area contributed by atoms with Gasteiger partial charge in [0.05, 0.1) is 12.2 Å². The topological polar surface area (TPSA) is 51.2 Å². The van der Waals surface area contributed by atoms with Crippen LogP contribution in [0, 0.1) is 0 Å². The first-order valence-electron chi connectivity index (χ1n) is 6.76. The van der Waals surface area contributed by atoms with Crippen molar-refractivity contribution in [2.75, 3.05) is 6.61 Å². The van der Waals surface area contributed by atoms with Crippen molar-refractivity contribution in [1.29, 1.82) is 0 Å². The molecule has 1 amide bonds. The number of fused-ring (bicyclic) bond motifs is 1. The second-order valence-electron chi connectivity index (χ2n) is 4.82. The van der Waals surface area contributed by atoms with Crippen LogP contribution >= 0.6 is 0 Å². The molecule has 102 valence electrons. The molecule has 0 unspecified atom stereocenters. The predicted octanol–water partition coefficient (Wildman–Crippen LogP) is 2.34. The highest BCUT2D eigenvalue weighted by Crippen LogP contribution is 2.25. The number of carbonyl (C=O) groups is 1. The number of ether oxygens (including phenoxy) is 1. The molecule has 0 fully saturated rings. The van der Waals surface area contributed by atoms with E-state index in [4.69, 9.17) is 4.74 Å². The predicted molar refractivity (Wildman–Crippen MR) is 75.7 cm³/mol. The largest absolute Gasteiger partial charge is 0.493 e. The number of amides is 1. The zero-order valence-corrected chi connectivity index (χ0v) is 11.1. The molecular formula is C16H16N2O2. The molecule has 0 radical (unpaired) electrons. The highest BCUT2D eigenvalue weighted by atomic mass is 16.5. The van der Waals surface area contributed by atoms with Crippen LogP contribution in [-0.4, -0.2) is 17.5 Å². The zero-order valence-electron chi connectivity index (χ0n) is 11.1. The van der Waals surface area contributed by atoms with E-state index in [0.717, 1.165) is 30.8 Å². The van der Waals surface area contributed by atoms with Crippen LogP contribution in [0.25, 0.3) is 0 Å². The van der Waals surface area contributed by atoms with Gasteiger partial charge in [-0.05, 0) is 42.2 Å². The van der Waals surface area contributed by atoms with E-state index < -0.39 is 0 Å². The lowest BCUT2D eigenvalue weighted by Crippen LogP contribution is -2.23. The van der Waals surface area contributed by atoms with E-state index in [1.165, 1.54) is 5.56 Å². The van der Waals surface area contributed by atoms with E-state index in [9.17, 15) is 4.79 Å². The fourth-order valence-corrected chi connectivity index (χ4v) is 2.31. The van der Waals surface area contributed by atoms with E-state index in [1.54, 1.807) is 24.5 Å². The number of carbonyl (C=O) groups excluding carboxylic acids is 1. The smallest absolute Gasteiger partial charge is 0.253 e. The number of nitrogens with one attached hydrogen (secondary N) is 1. The van der Waals surface area contributed by atoms with Gasteiger partial charge in [0.15, 0.2) is 0 Å². The molecule has 0 saturated carbocycles. The van der Waals surface area contributed by atoms with Crippen LogP contribution < -0.4 is 10.1 Å². The maximum absolute atomic E-state index is 11.9. The minimum absolute atomic E-state index is 0.105. The van der Waals surface area contributed by atoms with Crippen LogP contribution in [0.2, 0.25) is 0 Å². The van der Waals surface area contributed by atoms with Gasteiger partial charge in [0, 0.05) is 18.9 Å². The first-order chi connectivity index (χ1) is 9.83. The Labute approximate surface area is 117 Å². The average Bonchev–Trinajstić information content (AvgIpc) is 2.53. The normalized spacial score (nSPS) is 13.2. The van der Waals surface area contributed by atoms with Gasteiger partial charge in [-0.15, -0.1) is 0 Å². The van der Waals surface area contributed by atoms with Crippen molar-refractivity contribution in [1.82, 2.24) is 10.3 Å².